The fourth-order valence-electron chi connectivity index (χ4n) is 0.806. The van der Waals surface area contributed by atoms with Crippen LogP contribution in [0.2, 0.25) is 0 Å². The van der Waals surface area contributed by atoms with Gasteiger partial charge in [0.25, 0.3) is 0 Å². The van der Waals surface area contributed by atoms with Gasteiger partial charge < -0.3 is 13.3 Å². The number of carbonyl (C=O) groups is 1. The van der Waals surface area contributed by atoms with Gasteiger partial charge in [-0.25, -0.2) is 0 Å². The van der Waals surface area contributed by atoms with Crippen LogP contribution in [-0.2, 0) is 9.53 Å². The number of esters is 1. The summed E-state index contributed by atoms with van der Waals surface area (Å²) < 4.78 is 4.76. The zero-order valence-corrected chi connectivity index (χ0v) is 13.6. The molecule has 0 spiro atoms. The minimum Gasteiger partial charge on any atom is -1.00 e. The van der Waals surface area contributed by atoms with E-state index in [0.717, 1.165) is 19.3 Å². The number of cyclic esters (lactones) is 1. The molecular weight excluding hydrogens is 224 g/mol. The molecule has 1 aliphatic rings. The molecule has 2 nitrogen and oxygen atoms in total. The van der Waals surface area contributed by atoms with Crippen molar-refractivity contribution in [2.24, 2.45) is 0 Å². The van der Waals surface area contributed by atoms with Crippen LogP contribution in [0.4, 0.5) is 0 Å². The van der Waals surface area contributed by atoms with Crippen molar-refractivity contribution in [1.82, 2.24) is 0 Å². The zero-order chi connectivity index (χ0) is 5.82. The minimum atomic E-state index is -0.0255. The Labute approximate surface area is 166 Å². The van der Waals surface area contributed by atoms with Gasteiger partial charge in [0, 0.05) is 6.42 Å². The van der Waals surface area contributed by atoms with Gasteiger partial charge >= 0.3 is 119 Å². The van der Waals surface area contributed by atoms with E-state index in [1.807, 2.05) is 0 Å². The van der Waals surface area contributed by atoms with Crippen molar-refractivity contribution in [3.8, 4) is 0 Å². The molecule has 0 bridgehead atoms. The van der Waals surface area contributed by atoms with Crippen LogP contribution in [0.1, 0.15) is 34.2 Å². The largest absolute Gasteiger partial charge is 2.00 e. The summed E-state index contributed by atoms with van der Waals surface area (Å²) in [5, 5.41) is 0. The van der Waals surface area contributed by atoms with E-state index in [-0.39, 0.29) is 128 Å². The van der Waals surface area contributed by atoms with Crippen LogP contribution >= 0.6 is 0 Å². The van der Waals surface area contributed by atoms with E-state index in [2.05, 4.69) is 0 Å². The maximum absolute atomic E-state index is 10.5. The molecule has 5 heteroatoms. The summed E-state index contributed by atoms with van der Waals surface area (Å²) in [5.41, 5.74) is 0. The summed E-state index contributed by atoms with van der Waals surface area (Å²) in [6.07, 6.45) is 3.83. The van der Waals surface area contributed by atoms with Crippen molar-refractivity contribution in [2.45, 2.75) is 25.7 Å². The second kappa shape index (κ2) is 13.2. The van der Waals surface area contributed by atoms with Crippen LogP contribution in [0.3, 0.4) is 0 Å². The predicted molar refractivity (Wildman–Crippen MR) is 53.4 cm³/mol. The van der Waals surface area contributed by atoms with E-state index in [0.29, 0.717) is 13.0 Å². The average Bonchev–Trinajstić information content (AvgIpc) is 1.94. The molecule has 0 aromatic rings. The molecule has 0 atom stereocenters. The van der Waals surface area contributed by atoms with Crippen molar-refractivity contribution in [3.05, 3.63) is 0 Å². The first-order valence-corrected chi connectivity index (χ1v) is 3.05. The molecular formula is C6H16Ca3O2. The molecule has 0 aromatic carbocycles. The molecule has 0 unspecified atom stereocenters. The summed E-state index contributed by atoms with van der Waals surface area (Å²) in [6, 6.07) is 0. The number of rotatable bonds is 0. The Kier molecular flexibility index (Phi) is 23.8. The third-order valence-electron chi connectivity index (χ3n) is 1.29. The molecule has 1 aliphatic heterocycles. The van der Waals surface area contributed by atoms with Gasteiger partial charge in [0.1, 0.15) is 0 Å². The van der Waals surface area contributed by atoms with Crippen LogP contribution in [0, 0.1) is 0 Å². The molecule has 0 aromatic heterocycles. The second-order valence-electron chi connectivity index (χ2n) is 2.03. The molecule has 58 valence electrons. The number of hydrogen-bond acceptors (Lipinski definition) is 2. The summed E-state index contributed by atoms with van der Waals surface area (Å²) in [6.45, 7) is 0.638. The Balaban J connectivity index is -0.0000000102. The molecule has 0 aliphatic carbocycles. The number of carbonyl (C=O) groups excluding carboxylic acids is 1. The van der Waals surface area contributed by atoms with Crippen LogP contribution in [0.25, 0.3) is 0 Å². The standard InChI is InChI=1S/C6H10O2.3Ca.6H/c7-6-4-2-1-3-5-8-6;;;;;;;;;/h1-5H2;;;;;;;;;/q;3*+2;6*-1. The maximum atomic E-state index is 10.5. The van der Waals surface area contributed by atoms with Gasteiger partial charge in [-0.3, -0.25) is 4.79 Å². The van der Waals surface area contributed by atoms with Crippen LogP contribution in [0.15, 0.2) is 0 Å². The molecule has 1 heterocycles. The third-order valence-corrected chi connectivity index (χ3v) is 1.29. The summed E-state index contributed by atoms with van der Waals surface area (Å²) in [7, 11) is 0. The van der Waals surface area contributed by atoms with Gasteiger partial charge in [-0.05, 0) is 19.3 Å². The fraction of sp³-hybridized carbons (Fsp3) is 0.833. The maximum Gasteiger partial charge on any atom is 2.00 e. The minimum absolute atomic E-state index is 0. The Morgan fingerprint density at radius 3 is 2.36 bits per heavy atom. The first-order valence-electron chi connectivity index (χ1n) is 3.05. The Morgan fingerprint density at radius 1 is 1.09 bits per heavy atom. The van der Waals surface area contributed by atoms with Crippen molar-refractivity contribution in [1.29, 1.82) is 0 Å². The van der Waals surface area contributed by atoms with Crippen molar-refractivity contribution in [2.75, 3.05) is 6.61 Å². The molecule has 0 radical (unpaired) electrons. The molecule has 1 rings (SSSR count). The quantitative estimate of drug-likeness (QED) is 0.459. The topological polar surface area (TPSA) is 26.3 Å². The van der Waals surface area contributed by atoms with Gasteiger partial charge in [-0.1, -0.05) is 0 Å². The van der Waals surface area contributed by atoms with Gasteiger partial charge in [0.05, 0.1) is 6.61 Å². The van der Waals surface area contributed by atoms with Crippen LogP contribution in [-0.4, -0.2) is 126 Å². The van der Waals surface area contributed by atoms with Gasteiger partial charge in [-0.15, -0.1) is 0 Å². The average molecular weight is 240 g/mol. The SMILES string of the molecule is O=C1CCCCCO1.[Ca+2].[Ca+2].[Ca+2].[H-].[H-].[H-].[H-].[H-].[H-]. The zero-order valence-electron chi connectivity index (χ0n) is 13.0. The van der Waals surface area contributed by atoms with Crippen LogP contribution in [0.5, 0.6) is 0 Å². The van der Waals surface area contributed by atoms with E-state index in [1.54, 1.807) is 0 Å². The monoisotopic (exact) mass is 240 g/mol. The van der Waals surface area contributed by atoms with Gasteiger partial charge in [0.2, 0.25) is 0 Å². The second-order valence-corrected chi connectivity index (χ2v) is 2.03. The van der Waals surface area contributed by atoms with Gasteiger partial charge in [0.15, 0.2) is 0 Å². The normalized spacial score (nSPS) is 15.8. The fourth-order valence-corrected chi connectivity index (χ4v) is 0.806. The number of ether oxygens (including phenoxy) is 1. The third kappa shape index (κ3) is 11.2. The molecule has 0 N–H and O–H groups in total. The van der Waals surface area contributed by atoms with E-state index in [1.165, 1.54) is 0 Å². The van der Waals surface area contributed by atoms with E-state index in [4.69, 9.17) is 4.74 Å². The number of hydrogen-bond donors (Lipinski definition) is 0. The predicted octanol–water partition coefficient (Wildman–Crippen LogP) is 0.636. The first-order chi connectivity index (χ1) is 3.89. The summed E-state index contributed by atoms with van der Waals surface area (Å²) >= 11 is 0. The molecule has 1 fully saturated rings. The summed E-state index contributed by atoms with van der Waals surface area (Å²) in [5.74, 6) is -0.0255. The molecule has 1 saturated heterocycles. The van der Waals surface area contributed by atoms with Crippen molar-refractivity contribution in [3.63, 3.8) is 0 Å². The van der Waals surface area contributed by atoms with Crippen molar-refractivity contribution < 1.29 is 18.1 Å². The smallest absolute Gasteiger partial charge is 1.00 e. The summed E-state index contributed by atoms with van der Waals surface area (Å²) in [4.78, 5) is 10.5. The Bertz CT molecular complexity index is 104. The van der Waals surface area contributed by atoms with Crippen LogP contribution < -0.4 is 0 Å². The Morgan fingerprint density at radius 2 is 1.73 bits per heavy atom. The van der Waals surface area contributed by atoms with Gasteiger partial charge in [-0.2, -0.15) is 0 Å². The first kappa shape index (κ1) is 19.8. The molecule has 11 heavy (non-hydrogen) atoms. The van der Waals surface area contributed by atoms with E-state index in [9.17, 15) is 4.79 Å². The van der Waals surface area contributed by atoms with Crippen molar-refractivity contribution >= 4 is 119 Å². The molecule has 0 amide bonds. The van der Waals surface area contributed by atoms with E-state index >= 15 is 0 Å². The Hall–Kier alpha value is 3.25. The molecule has 0 saturated carbocycles. The van der Waals surface area contributed by atoms with E-state index < -0.39 is 0 Å².